The second-order valence-electron chi connectivity index (χ2n) is 7.45. The van der Waals surface area contributed by atoms with Crippen molar-refractivity contribution in [1.82, 2.24) is 4.98 Å². The van der Waals surface area contributed by atoms with Gasteiger partial charge in [0.25, 0.3) is 0 Å². The summed E-state index contributed by atoms with van der Waals surface area (Å²) in [5.41, 5.74) is 0.281. The lowest BCUT2D eigenvalue weighted by Gasteiger charge is -2.19. The smallest absolute Gasteiger partial charge is 0.355 e. The van der Waals surface area contributed by atoms with E-state index in [4.69, 9.17) is 9.47 Å². The van der Waals surface area contributed by atoms with E-state index in [-0.39, 0.29) is 30.2 Å². The van der Waals surface area contributed by atoms with Gasteiger partial charge in [-0.1, -0.05) is 0 Å². The SMILES string of the molecule is CC(C)(C)OC(=O)C1CC1CNc1cc(N2COC=C2C(=O)O)ccn1. The molecule has 0 saturated heterocycles. The predicted octanol–water partition coefficient (Wildman–Crippen LogP) is 2.19. The number of carbonyl (C=O) groups is 2. The monoisotopic (exact) mass is 361 g/mol. The first kappa shape index (κ1) is 18.0. The standard InChI is InChI=1S/C18H23N3O5/c1-18(2,3)26-17(24)13-6-11(13)8-20-15-7-12(4-5-19-15)21-10-25-9-14(21)16(22)23/h4-5,7,9,11,13H,6,8,10H2,1-3H3,(H,19,20)(H,22,23). The molecule has 1 aromatic rings. The van der Waals surface area contributed by atoms with Crippen molar-refractivity contribution in [2.24, 2.45) is 11.8 Å². The molecule has 8 nitrogen and oxygen atoms in total. The summed E-state index contributed by atoms with van der Waals surface area (Å²) in [4.78, 5) is 29.0. The van der Waals surface area contributed by atoms with Gasteiger partial charge in [0.1, 0.15) is 17.7 Å². The van der Waals surface area contributed by atoms with Crippen LogP contribution in [-0.2, 0) is 19.1 Å². The van der Waals surface area contributed by atoms with Gasteiger partial charge in [0.05, 0.1) is 5.92 Å². The van der Waals surface area contributed by atoms with Crippen molar-refractivity contribution in [2.45, 2.75) is 32.8 Å². The van der Waals surface area contributed by atoms with Crippen molar-refractivity contribution in [1.29, 1.82) is 0 Å². The van der Waals surface area contributed by atoms with Gasteiger partial charge in [-0.3, -0.25) is 9.69 Å². The van der Waals surface area contributed by atoms with Crippen LogP contribution in [-0.4, -0.2) is 40.9 Å². The molecule has 3 rings (SSSR count). The maximum absolute atomic E-state index is 12.0. The Morgan fingerprint density at radius 1 is 1.46 bits per heavy atom. The first-order chi connectivity index (χ1) is 12.2. The third-order valence-electron chi connectivity index (χ3n) is 4.14. The molecule has 2 heterocycles. The Morgan fingerprint density at radius 3 is 2.92 bits per heavy atom. The summed E-state index contributed by atoms with van der Waals surface area (Å²) in [7, 11) is 0. The molecule has 1 fully saturated rings. The van der Waals surface area contributed by atoms with Gasteiger partial charge in [0.15, 0.2) is 12.4 Å². The van der Waals surface area contributed by atoms with Crippen LogP contribution >= 0.6 is 0 Å². The lowest BCUT2D eigenvalue weighted by Crippen LogP contribution is -2.25. The molecule has 2 aliphatic rings. The minimum atomic E-state index is -1.05. The van der Waals surface area contributed by atoms with Crippen LogP contribution in [0.3, 0.4) is 0 Å². The highest BCUT2D eigenvalue weighted by molar-refractivity contribution is 5.91. The van der Waals surface area contributed by atoms with Crippen LogP contribution in [0.5, 0.6) is 0 Å². The molecule has 1 aromatic heterocycles. The van der Waals surface area contributed by atoms with E-state index in [0.717, 1.165) is 6.42 Å². The molecule has 8 heteroatoms. The molecular weight excluding hydrogens is 338 g/mol. The molecule has 1 aliphatic heterocycles. The number of ether oxygens (including phenoxy) is 2. The number of hydrogen-bond donors (Lipinski definition) is 2. The Bertz CT molecular complexity index is 741. The molecule has 0 spiro atoms. The number of aliphatic carboxylic acids is 1. The quantitative estimate of drug-likeness (QED) is 0.744. The summed E-state index contributed by atoms with van der Waals surface area (Å²) in [6, 6.07) is 3.48. The molecule has 0 bridgehead atoms. The van der Waals surface area contributed by atoms with E-state index in [1.165, 1.54) is 6.26 Å². The maximum Gasteiger partial charge on any atom is 0.355 e. The third kappa shape index (κ3) is 4.25. The molecule has 2 atom stereocenters. The van der Waals surface area contributed by atoms with Gasteiger partial charge in [-0.2, -0.15) is 0 Å². The molecule has 0 amide bonds. The number of hydrogen-bond acceptors (Lipinski definition) is 7. The van der Waals surface area contributed by atoms with Crippen LogP contribution in [0.25, 0.3) is 0 Å². The lowest BCUT2D eigenvalue weighted by atomic mass is 10.2. The fourth-order valence-corrected chi connectivity index (χ4v) is 2.76. The van der Waals surface area contributed by atoms with Crippen molar-refractivity contribution in [3.8, 4) is 0 Å². The molecule has 0 radical (unpaired) electrons. The second kappa shape index (κ2) is 6.86. The molecule has 2 N–H and O–H groups in total. The van der Waals surface area contributed by atoms with E-state index in [1.54, 1.807) is 23.2 Å². The Morgan fingerprint density at radius 2 is 2.23 bits per heavy atom. The van der Waals surface area contributed by atoms with E-state index >= 15 is 0 Å². The fraction of sp³-hybridized carbons (Fsp3) is 0.500. The highest BCUT2D eigenvalue weighted by Crippen LogP contribution is 2.40. The van der Waals surface area contributed by atoms with Crippen LogP contribution in [0.4, 0.5) is 11.5 Å². The zero-order valence-corrected chi connectivity index (χ0v) is 15.1. The average Bonchev–Trinajstić information content (AvgIpc) is 3.16. The molecule has 2 unspecified atom stereocenters. The highest BCUT2D eigenvalue weighted by Gasteiger charge is 2.45. The molecule has 1 aliphatic carbocycles. The Hall–Kier alpha value is -2.77. The van der Waals surface area contributed by atoms with Crippen LogP contribution in [0, 0.1) is 11.8 Å². The predicted molar refractivity (Wildman–Crippen MR) is 94.3 cm³/mol. The summed E-state index contributed by atoms with van der Waals surface area (Å²) in [6.45, 7) is 6.33. The van der Waals surface area contributed by atoms with Gasteiger partial charge in [0.2, 0.25) is 0 Å². The fourth-order valence-electron chi connectivity index (χ4n) is 2.76. The summed E-state index contributed by atoms with van der Waals surface area (Å²) in [5.74, 6) is -0.434. The van der Waals surface area contributed by atoms with Crippen molar-refractivity contribution in [3.63, 3.8) is 0 Å². The zero-order valence-electron chi connectivity index (χ0n) is 15.1. The van der Waals surface area contributed by atoms with Crippen LogP contribution in [0.2, 0.25) is 0 Å². The van der Waals surface area contributed by atoms with E-state index in [2.05, 4.69) is 10.3 Å². The number of carboxylic acids is 1. The van der Waals surface area contributed by atoms with Gasteiger partial charge >= 0.3 is 11.9 Å². The van der Waals surface area contributed by atoms with Crippen molar-refractivity contribution in [2.75, 3.05) is 23.5 Å². The Kier molecular flexibility index (Phi) is 4.76. The number of nitrogens with one attached hydrogen (secondary N) is 1. The van der Waals surface area contributed by atoms with Gasteiger partial charge in [0, 0.05) is 24.5 Å². The van der Waals surface area contributed by atoms with E-state index in [1.807, 2.05) is 20.8 Å². The van der Waals surface area contributed by atoms with Crippen LogP contribution < -0.4 is 10.2 Å². The number of pyridine rings is 1. The average molecular weight is 361 g/mol. The van der Waals surface area contributed by atoms with Gasteiger partial charge < -0.3 is 19.9 Å². The van der Waals surface area contributed by atoms with Crippen molar-refractivity contribution in [3.05, 3.63) is 30.3 Å². The maximum atomic E-state index is 12.0. The summed E-state index contributed by atoms with van der Waals surface area (Å²) in [5, 5.41) is 12.4. The minimum absolute atomic E-state index is 0.0709. The number of carboxylic acid groups (broad SMARTS) is 1. The number of rotatable bonds is 6. The number of esters is 1. The van der Waals surface area contributed by atoms with Crippen LogP contribution in [0.15, 0.2) is 30.3 Å². The Balaban J connectivity index is 1.55. The third-order valence-corrected chi connectivity index (χ3v) is 4.14. The van der Waals surface area contributed by atoms with Gasteiger partial charge in [-0.25, -0.2) is 9.78 Å². The van der Waals surface area contributed by atoms with Gasteiger partial charge in [-0.05, 0) is 39.2 Å². The molecule has 0 aromatic carbocycles. The van der Waals surface area contributed by atoms with E-state index in [0.29, 0.717) is 18.1 Å². The number of nitrogens with zero attached hydrogens (tertiary/aromatic N) is 2. The topological polar surface area (TPSA) is 101 Å². The van der Waals surface area contributed by atoms with E-state index in [9.17, 15) is 14.7 Å². The molecule has 140 valence electrons. The minimum Gasteiger partial charge on any atom is -0.478 e. The molecule has 1 saturated carbocycles. The van der Waals surface area contributed by atoms with Crippen molar-refractivity contribution >= 4 is 23.4 Å². The van der Waals surface area contributed by atoms with Gasteiger partial charge in [-0.15, -0.1) is 0 Å². The largest absolute Gasteiger partial charge is 0.478 e. The van der Waals surface area contributed by atoms with Crippen LogP contribution in [0.1, 0.15) is 27.2 Å². The molecular formula is C18H23N3O5. The first-order valence-electron chi connectivity index (χ1n) is 8.50. The first-order valence-corrected chi connectivity index (χ1v) is 8.50. The van der Waals surface area contributed by atoms with E-state index < -0.39 is 11.6 Å². The normalized spacial score (nSPS) is 21.7. The number of anilines is 2. The molecule has 26 heavy (non-hydrogen) atoms. The highest BCUT2D eigenvalue weighted by atomic mass is 16.6. The Labute approximate surface area is 151 Å². The lowest BCUT2D eigenvalue weighted by molar-refractivity contribution is -0.156. The summed E-state index contributed by atoms with van der Waals surface area (Å²) >= 11 is 0. The number of carbonyl (C=O) groups excluding carboxylic acids is 1. The van der Waals surface area contributed by atoms with Crippen molar-refractivity contribution < 1.29 is 24.2 Å². The second-order valence-corrected chi connectivity index (χ2v) is 7.45. The summed E-state index contributed by atoms with van der Waals surface area (Å²) < 4.78 is 10.5. The summed E-state index contributed by atoms with van der Waals surface area (Å²) in [6.07, 6.45) is 3.63. The number of aromatic nitrogens is 1. The zero-order chi connectivity index (χ0) is 18.9.